The molecule has 0 saturated carbocycles. The van der Waals surface area contributed by atoms with Crippen LogP contribution in [-0.4, -0.2) is 30.7 Å². The van der Waals surface area contributed by atoms with Crippen LogP contribution >= 0.6 is 0 Å². The van der Waals surface area contributed by atoms with Crippen molar-refractivity contribution in [2.45, 2.75) is 6.54 Å². The summed E-state index contributed by atoms with van der Waals surface area (Å²) in [5.41, 5.74) is 2.05. The Balaban J connectivity index is 2.06. The fourth-order valence-electron chi connectivity index (χ4n) is 2.67. The van der Waals surface area contributed by atoms with Crippen molar-refractivity contribution in [2.75, 3.05) is 31.1 Å². The third-order valence-corrected chi connectivity index (χ3v) is 3.70. The molecule has 0 unspecified atom stereocenters. The molecule has 20 heavy (non-hydrogen) atoms. The van der Waals surface area contributed by atoms with Crippen LogP contribution in [0.2, 0.25) is 0 Å². The minimum absolute atomic E-state index is 0.0506. The van der Waals surface area contributed by atoms with Gasteiger partial charge in [0.1, 0.15) is 0 Å². The number of nitrogens with one attached hydrogen (secondary N) is 1. The largest absolute Gasteiger partial charge is 0.369 e. The van der Waals surface area contributed by atoms with E-state index in [1.165, 1.54) is 5.69 Å². The first kappa shape index (κ1) is 12.8. The van der Waals surface area contributed by atoms with E-state index < -0.39 is 0 Å². The maximum Gasteiger partial charge on any atom is 0.251 e. The van der Waals surface area contributed by atoms with Crippen molar-refractivity contribution < 1.29 is 0 Å². The minimum atomic E-state index is -0.0506. The summed E-state index contributed by atoms with van der Waals surface area (Å²) in [5.74, 6) is 2.54. The maximum atomic E-state index is 11.9. The number of anilines is 1. The molecule has 1 saturated heterocycles. The van der Waals surface area contributed by atoms with Crippen molar-refractivity contribution in [3.8, 4) is 12.3 Å². The number of pyridine rings is 1. The van der Waals surface area contributed by atoms with E-state index in [1.54, 1.807) is 10.6 Å². The zero-order valence-corrected chi connectivity index (χ0v) is 11.3. The summed E-state index contributed by atoms with van der Waals surface area (Å²) in [6.45, 7) is 4.34. The van der Waals surface area contributed by atoms with Crippen LogP contribution in [0.4, 0.5) is 5.69 Å². The zero-order valence-electron chi connectivity index (χ0n) is 11.3. The smallest absolute Gasteiger partial charge is 0.251 e. The molecule has 0 amide bonds. The van der Waals surface area contributed by atoms with Gasteiger partial charge in [0, 0.05) is 43.3 Å². The highest BCUT2D eigenvalue weighted by Gasteiger charge is 2.11. The van der Waals surface area contributed by atoms with Gasteiger partial charge in [0.05, 0.1) is 12.1 Å². The first-order chi connectivity index (χ1) is 9.79. The molecule has 2 aromatic rings. The molecule has 0 bridgehead atoms. The summed E-state index contributed by atoms with van der Waals surface area (Å²) < 4.78 is 1.64. The summed E-state index contributed by atoms with van der Waals surface area (Å²) >= 11 is 0. The van der Waals surface area contributed by atoms with E-state index in [0.717, 1.165) is 37.1 Å². The lowest BCUT2D eigenvalue weighted by molar-refractivity contribution is 0.589. The third kappa shape index (κ3) is 2.28. The second kappa shape index (κ2) is 5.40. The summed E-state index contributed by atoms with van der Waals surface area (Å²) in [5, 5.41) is 4.40. The van der Waals surface area contributed by atoms with Crippen LogP contribution in [0.15, 0.2) is 35.1 Å². The molecule has 102 valence electrons. The Morgan fingerprint density at radius 2 is 2.00 bits per heavy atom. The first-order valence-corrected chi connectivity index (χ1v) is 6.82. The van der Waals surface area contributed by atoms with E-state index in [4.69, 9.17) is 6.42 Å². The molecule has 1 aromatic carbocycles. The van der Waals surface area contributed by atoms with Gasteiger partial charge in [0.25, 0.3) is 5.56 Å². The molecule has 1 aromatic heterocycles. The number of fused-ring (bicyclic) bond motifs is 1. The monoisotopic (exact) mass is 267 g/mol. The van der Waals surface area contributed by atoms with Gasteiger partial charge in [-0.15, -0.1) is 6.42 Å². The molecule has 0 spiro atoms. The van der Waals surface area contributed by atoms with E-state index in [0.29, 0.717) is 6.54 Å². The number of nitrogens with zero attached hydrogens (tertiary/aromatic N) is 2. The number of benzene rings is 1. The van der Waals surface area contributed by atoms with E-state index in [9.17, 15) is 4.79 Å². The highest BCUT2D eigenvalue weighted by atomic mass is 16.1. The number of hydrogen-bond donors (Lipinski definition) is 1. The maximum absolute atomic E-state index is 11.9. The first-order valence-electron chi connectivity index (χ1n) is 6.82. The van der Waals surface area contributed by atoms with Crippen LogP contribution in [0.3, 0.4) is 0 Å². The topological polar surface area (TPSA) is 37.3 Å². The predicted octanol–water partition coefficient (Wildman–Crippen LogP) is 1.04. The van der Waals surface area contributed by atoms with E-state index in [-0.39, 0.29) is 5.56 Å². The van der Waals surface area contributed by atoms with Gasteiger partial charge in [-0.3, -0.25) is 9.36 Å². The van der Waals surface area contributed by atoms with Crippen LogP contribution in [0.5, 0.6) is 0 Å². The lowest BCUT2D eigenvalue weighted by atomic mass is 10.1. The summed E-state index contributed by atoms with van der Waals surface area (Å²) in [6, 6.07) is 9.65. The number of rotatable bonds is 2. The highest BCUT2D eigenvalue weighted by Crippen LogP contribution is 2.21. The molecule has 4 heteroatoms. The molecule has 4 nitrogen and oxygen atoms in total. The number of aromatic nitrogens is 1. The number of hydrogen-bond acceptors (Lipinski definition) is 3. The average Bonchev–Trinajstić information content (AvgIpc) is 2.51. The van der Waals surface area contributed by atoms with Crippen molar-refractivity contribution in [3.05, 3.63) is 40.7 Å². The molecule has 1 aliphatic heterocycles. The molecular weight excluding hydrogens is 250 g/mol. The molecule has 0 atom stereocenters. The summed E-state index contributed by atoms with van der Waals surface area (Å²) in [4.78, 5) is 14.2. The molecule has 0 aliphatic carbocycles. The second-order valence-corrected chi connectivity index (χ2v) is 4.94. The molecule has 3 rings (SSSR count). The third-order valence-electron chi connectivity index (χ3n) is 3.70. The van der Waals surface area contributed by atoms with Crippen LogP contribution < -0.4 is 15.8 Å². The van der Waals surface area contributed by atoms with Crippen molar-refractivity contribution in [3.63, 3.8) is 0 Å². The van der Waals surface area contributed by atoms with Crippen LogP contribution in [0.1, 0.15) is 0 Å². The van der Waals surface area contributed by atoms with Crippen molar-refractivity contribution in [1.82, 2.24) is 9.88 Å². The lowest BCUT2D eigenvalue weighted by Gasteiger charge is -2.29. The van der Waals surface area contributed by atoms with Gasteiger partial charge in [0.2, 0.25) is 0 Å². The molecular formula is C16H17N3O. The summed E-state index contributed by atoms with van der Waals surface area (Å²) in [7, 11) is 0. The predicted molar refractivity (Wildman–Crippen MR) is 82.1 cm³/mol. The lowest BCUT2D eigenvalue weighted by Crippen LogP contribution is -2.43. The van der Waals surface area contributed by atoms with Gasteiger partial charge < -0.3 is 10.2 Å². The normalized spacial score (nSPS) is 15.2. The van der Waals surface area contributed by atoms with Gasteiger partial charge in [-0.2, -0.15) is 0 Å². The van der Waals surface area contributed by atoms with E-state index in [2.05, 4.69) is 28.3 Å². The highest BCUT2D eigenvalue weighted by molar-refractivity contribution is 5.83. The SMILES string of the molecule is C#CCn1c(=O)ccc2cc(N3CCNCC3)ccc21. The van der Waals surface area contributed by atoms with Gasteiger partial charge in [-0.05, 0) is 24.3 Å². The van der Waals surface area contributed by atoms with Crippen molar-refractivity contribution >= 4 is 16.6 Å². The Morgan fingerprint density at radius 1 is 1.20 bits per heavy atom. The van der Waals surface area contributed by atoms with Gasteiger partial charge in [0.15, 0.2) is 0 Å². The van der Waals surface area contributed by atoms with E-state index in [1.807, 2.05) is 12.1 Å². The molecule has 0 radical (unpaired) electrons. The van der Waals surface area contributed by atoms with Crippen LogP contribution in [-0.2, 0) is 6.54 Å². The Kier molecular flexibility index (Phi) is 3.44. The van der Waals surface area contributed by atoms with Crippen molar-refractivity contribution in [1.29, 1.82) is 0 Å². The number of piperazine rings is 1. The van der Waals surface area contributed by atoms with E-state index >= 15 is 0 Å². The molecule has 1 aliphatic rings. The fourth-order valence-corrected chi connectivity index (χ4v) is 2.67. The molecule has 1 fully saturated rings. The number of terminal acetylenes is 1. The minimum Gasteiger partial charge on any atom is -0.369 e. The van der Waals surface area contributed by atoms with Crippen LogP contribution in [0, 0.1) is 12.3 Å². The zero-order chi connectivity index (χ0) is 13.9. The summed E-state index contributed by atoms with van der Waals surface area (Å²) in [6.07, 6.45) is 5.34. The molecule has 2 heterocycles. The quantitative estimate of drug-likeness (QED) is 0.826. The molecule has 1 N–H and O–H groups in total. The fraction of sp³-hybridized carbons (Fsp3) is 0.312. The Labute approximate surface area is 118 Å². The van der Waals surface area contributed by atoms with Crippen molar-refractivity contribution in [2.24, 2.45) is 0 Å². The van der Waals surface area contributed by atoms with Crippen LogP contribution in [0.25, 0.3) is 10.9 Å². The van der Waals surface area contributed by atoms with Gasteiger partial charge in [-0.1, -0.05) is 5.92 Å². The Hall–Kier alpha value is -2.25. The average molecular weight is 267 g/mol. The Bertz CT molecular complexity index is 721. The second-order valence-electron chi connectivity index (χ2n) is 4.94. The standard InChI is InChI=1S/C16H17N3O/c1-2-9-19-15-5-4-14(18-10-7-17-8-11-18)12-13(15)3-6-16(19)20/h1,3-6,12,17H,7-11H2. The van der Waals surface area contributed by atoms with Gasteiger partial charge in [-0.25, -0.2) is 0 Å². The Morgan fingerprint density at radius 3 is 2.75 bits per heavy atom. The van der Waals surface area contributed by atoms with Gasteiger partial charge >= 0.3 is 0 Å².